The number of benzene rings is 1. The van der Waals surface area contributed by atoms with Gasteiger partial charge in [0.25, 0.3) is 5.91 Å². The molecule has 0 saturated carbocycles. The summed E-state index contributed by atoms with van der Waals surface area (Å²) in [6.07, 6.45) is 1.18. The van der Waals surface area contributed by atoms with Crippen LogP contribution >= 0.6 is 0 Å². The Bertz CT molecular complexity index is 437. The smallest absolute Gasteiger partial charge is 0.257 e. The summed E-state index contributed by atoms with van der Waals surface area (Å²) in [4.78, 5) is 11.3. The van der Waals surface area contributed by atoms with Crippen LogP contribution in [0.3, 0.4) is 0 Å². The summed E-state index contributed by atoms with van der Waals surface area (Å²) in [5, 5.41) is 10.9. The summed E-state index contributed by atoms with van der Waals surface area (Å²) >= 11 is 0. The second-order valence-corrected chi connectivity index (χ2v) is 4.13. The highest BCUT2D eigenvalue weighted by molar-refractivity contribution is 5.77. The van der Waals surface area contributed by atoms with Gasteiger partial charge in [-0.15, -0.1) is 0 Å². The van der Waals surface area contributed by atoms with E-state index < -0.39 is 0 Å². The van der Waals surface area contributed by atoms with Crippen LogP contribution in [0.4, 0.5) is 0 Å². The van der Waals surface area contributed by atoms with Crippen molar-refractivity contribution in [2.24, 2.45) is 5.73 Å². The fourth-order valence-corrected chi connectivity index (χ4v) is 1.50. The van der Waals surface area contributed by atoms with Gasteiger partial charge in [-0.3, -0.25) is 4.79 Å². The van der Waals surface area contributed by atoms with Crippen molar-refractivity contribution in [3.8, 4) is 11.8 Å². The van der Waals surface area contributed by atoms with E-state index in [2.05, 4.69) is 5.32 Å². The van der Waals surface area contributed by atoms with E-state index >= 15 is 0 Å². The van der Waals surface area contributed by atoms with Crippen molar-refractivity contribution < 1.29 is 9.53 Å². The number of amides is 1. The fraction of sp³-hybridized carbons (Fsp3) is 0.429. The molecule has 0 bridgehead atoms. The zero-order chi connectivity index (χ0) is 14.1. The number of nitriles is 1. The Hall–Kier alpha value is -2.06. The van der Waals surface area contributed by atoms with Gasteiger partial charge in [0.15, 0.2) is 6.61 Å². The second kappa shape index (κ2) is 8.11. The molecule has 0 unspecified atom stereocenters. The summed E-state index contributed by atoms with van der Waals surface area (Å²) in [5.41, 5.74) is 6.95. The Kier molecular flexibility index (Phi) is 6.41. The molecule has 0 aliphatic carbocycles. The quantitative estimate of drug-likeness (QED) is 0.728. The monoisotopic (exact) mass is 261 g/mol. The van der Waals surface area contributed by atoms with Gasteiger partial charge in [-0.1, -0.05) is 19.1 Å². The molecule has 0 radical (unpaired) electrons. The summed E-state index contributed by atoms with van der Waals surface area (Å²) in [6, 6.07) is 9.38. The molecule has 0 aliphatic rings. The van der Waals surface area contributed by atoms with Gasteiger partial charge in [-0.25, -0.2) is 0 Å². The van der Waals surface area contributed by atoms with Gasteiger partial charge in [0, 0.05) is 12.6 Å². The van der Waals surface area contributed by atoms with Crippen LogP contribution in [-0.2, 0) is 4.79 Å². The maximum Gasteiger partial charge on any atom is 0.257 e. The van der Waals surface area contributed by atoms with Gasteiger partial charge < -0.3 is 15.8 Å². The number of hydrogen-bond acceptors (Lipinski definition) is 4. The Morgan fingerprint density at radius 1 is 1.47 bits per heavy atom. The number of rotatable bonds is 7. The fourth-order valence-electron chi connectivity index (χ4n) is 1.50. The van der Waals surface area contributed by atoms with Crippen molar-refractivity contribution in [2.75, 3.05) is 13.2 Å². The molecular formula is C14H19N3O2. The number of carbonyl (C=O) groups is 1. The van der Waals surface area contributed by atoms with E-state index in [9.17, 15) is 4.79 Å². The van der Waals surface area contributed by atoms with Gasteiger partial charge in [0.1, 0.15) is 5.75 Å². The first-order valence-electron chi connectivity index (χ1n) is 6.29. The first kappa shape index (κ1) is 15.0. The van der Waals surface area contributed by atoms with Crippen LogP contribution in [-0.4, -0.2) is 19.1 Å². The molecule has 102 valence electrons. The Morgan fingerprint density at radius 2 is 2.16 bits per heavy atom. The van der Waals surface area contributed by atoms with Gasteiger partial charge in [-0.05, 0) is 24.1 Å². The standard InChI is InChI=1S/C14H19N3O2/c1-2-13(16)11-4-6-12(7-5-11)19-10-14(18)17-9-3-8-15/h4-7,13H,2-3,9-10,16H2,1H3,(H,17,18)/t13-/m1/s1. The summed E-state index contributed by atoms with van der Waals surface area (Å²) < 4.78 is 5.33. The van der Waals surface area contributed by atoms with Crippen LogP contribution in [0.1, 0.15) is 31.4 Å². The largest absolute Gasteiger partial charge is 0.484 e. The van der Waals surface area contributed by atoms with Crippen molar-refractivity contribution in [1.82, 2.24) is 5.32 Å². The van der Waals surface area contributed by atoms with Crippen molar-refractivity contribution >= 4 is 5.91 Å². The predicted octanol–water partition coefficient (Wildman–Crippen LogP) is 1.51. The van der Waals surface area contributed by atoms with Crippen molar-refractivity contribution in [3.63, 3.8) is 0 Å². The van der Waals surface area contributed by atoms with Gasteiger partial charge in [-0.2, -0.15) is 5.26 Å². The molecule has 0 aromatic heterocycles. The topological polar surface area (TPSA) is 88.1 Å². The van der Waals surface area contributed by atoms with E-state index in [4.69, 9.17) is 15.7 Å². The first-order chi connectivity index (χ1) is 9.17. The van der Waals surface area contributed by atoms with Crippen LogP contribution in [0.5, 0.6) is 5.75 Å². The van der Waals surface area contributed by atoms with Crippen LogP contribution < -0.4 is 15.8 Å². The molecule has 1 aromatic rings. The number of carbonyl (C=O) groups excluding carboxylic acids is 1. The lowest BCUT2D eigenvalue weighted by Gasteiger charge is -2.10. The lowest BCUT2D eigenvalue weighted by atomic mass is 10.1. The minimum atomic E-state index is -0.232. The molecule has 1 rings (SSSR count). The molecule has 19 heavy (non-hydrogen) atoms. The molecule has 1 amide bonds. The van der Waals surface area contributed by atoms with Gasteiger partial charge >= 0.3 is 0 Å². The van der Waals surface area contributed by atoms with E-state index in [1.54, 1.807) is 12.1 Å². The maximum absolute atomic E-state index is 11.3. The molecule has 0 spiro atoms. The number of ether oxygens (including phenoxy) is 1. The van der Waals surface area contributed by atoms with Crippen molar-refractivity contribution in [2.45, 2.75) is 25.8 Å². The normalized spacial score (nSPS) is 11.4. The first-order valence-corrected chi connectivity index (χ1v) is 6.29. The van der Waals surface area contributed by atoms with Crippen molar-refractivity contribution in [3.05, 3.63) is 29.8 Å². The molecule has 0 aliphatic heterocycles. The third kappa shape index (κ3) is 5.40. The van der Waals surface area contributed by atoms with Crippen LogP contribution in [0.2, 0.25) is 0 Å². The van der Waals surface area contributed by atoms with E-state index in [1.807, 2.05) is 25.1 Å². The second-order valence-electron chi connectivity index (χ2n) is 4.13. The molecule has 1 aromatic carbocycles. The number of hydrogen-bond donors (Lipinski definition) is 2. The summed E-state index contributed by atoms with van der Waals surface area (Å²) in [5.74, 6) is 0.395. The van der Waals surface area contributed by atoms with E-state index in [1.165, 1.54) is 0 Å². The number of nitrogens with one attached hydrogen (secondary N) is 1. The van der Waals surface area contributed by atoms with Crippen LogP contribution in [0, 0.1) is 11.3 Å². The average molecular weight is 261 g/mol. The Balaban J connectivity index is 2.37. The van der Waals surface area contributed by atoms with Crippen LogP contribution in [0.25, 0.3) is 0 Å². The molecular weight excluding hydrogens is 242 g/mol. The van der Waals surface area contributed by atoms with E-state index in [0.717, 1.165) is 12.0 Å². The maximum atomic E-state index is 11.3. The third-order valence-corrected chi connectivity index (χ3v) is 2.68. The van der Waals surface area contributed by atoms with E-state index in [-0.39, 0.29) is 18.6 Å². The number of nitrogens with zero attached hydrogens (tertiary/aromatic N) is 1. The van der Waals surface area contributed by atoms with Crippen LogP contribution in [0.15, 0.2) is 24.3 Å². The highest BCUT2D eigenvalue weighted by Crippen LogP contribution is 2.18. The molecule has 3 N–H and O–H groups in total. The molecule has 0 saturated heterocycles. The third-order valence-electron chi connectivity index (χ3n) is 2.68. The van der Waals surface area contributed by atoms with Crippen molar-refractivity contribution in [1.29, 1.82) is 5.26 Å². The average Bonchev–Trinajstić information content (AvgIpc) is 2.45. The van der Waals surface area contributed by atoms with Gasteiger partial charge in [0.2, 0.25) is 0 Å². The lowest BCUT2D eigenvalue weighted by molar-refractivity contribution is -0.123. The molecule has 0 heterocycles. The Labute approximate surface area is 113 Å². The minimum absolute atomic E-state index is 0.0309. The lowest BCUT2D eigenvalue weighted by Crippen LogP contribution is -2.29. The zero-order valence-electron chi connectivity index (χ0n) is 11.1. The minimum Gasteiger partial charge on any atom is -0.484 e. The highest BCUT2D eigenvalue weighted by atomic mass is 16.5. The number of nitrogens with two attached hydrogens (primary N) is 1. The molecule has 0 fully saturated rings. The predicted molar refractivity (Wildman–Crippen MR) is 72.4 cm³/mol. The van der Waals surface area contributed by atoms with Gasteiger partial charge in [0.05, 0.1) is 12.5 Å². The highest BCUT2D eigenvalue weighted by Gasteiger charge is 2.04. The Morgan fingerprint density at radius 3 is 2.74 bits per heavy atom. The molecule has 5 heteroatoms. The SMILES string of the molecule is CC[C@@H](N)c1ccc(OCC(=O)NCCC#N)cc1. The van der Waals surface area contributed by atoms with E-state index in [0.29, 0.717) is 18.7 Å². The molecule has 1 atom stereocenters. The molecule has 5 nitrogen and oxygen atoms in total. The summed E-state index contributed by atoms with van der Waals surface area (Å²) in [6.45, 7) is 2.33. The zero-order valence-corrected chi connectivity index (χ0v) is 11.1. The summed E-state index contributed by atoms with van der Waals surface area (Å²) in [7, 11) is 0.